The van der Waals surface area contributed by atoms with Crippen LogP contribution in [0.25, 0.3) is 0 Å². The van der Waals surface area contributed by atoms with Gasteiger partial charge in [0.15, 0.2) is 0 Å². The Balaban J connectivity index is -0.0000000545. The first kappa shape index (κ1) is 50.2. The van der Waals surface area contributed by atoms with Crippen molar-refractivity contribution in [1.82, 2.24) is 0 Å². The third-order valence-electron chi connectivity index (χ3n) is 4.01. The molecule has 5 nitrogen and oxygen atoms in total. The molecule has 198 valence electrons. The summed E-state index contributed by atoms with van der Waals surface area (Å²) in [7, 11) is -10.7. The van der Waals surface area contributed by atoms with Gasteiger partial charge in [0, 0.05) is 34.1 Å². The van der Waals surface area contributed by atoms with Gasteiger partial charge in [-0.1, -0.05) is 62.8 Å². The van der Waals surface area contributed by atoms with Crippen molar-refractivity contribution in [3.05, 3.63) is 57.6 Å². The molecule has 2 saturated carbocycles. The standard InChI is InChI=1S/C10H14.C5H10.5CO.F6P.2Fe/c1-2-5-9-7-4-8-10(9)6-3-1;1-2-4-5-3-1;5*1-2;1-7(2,3,4,5)6;;/h1-3,5,9-10H,4,6-8H2;1-5H2;;;;;;;;/q;;;;;;;-1;;. The molecule has 2 atom stereocenters. The Morgan fingerprint density at radius 3 is 1.21 bits per heavy atom. The van der Waals surface area contributed by atoms with Crippen LogP contribution in [0, 0.1) is 45.1 Å². The molecule has 2 fully saturated rings. The van der Waals surface area contributed by atoms with Gasteiger partial charge in [-0.05, 0) is 31.1 Å². The van der Waals surface area contributed by atoms with Crippen LogP contribution >= 0.6 is 7.81 Å². The quantitative estimate of drug-likeness (QED) is 0.0883. The number of halogens is 6. The number of rotatable bonds is 0. The van der Waals surface area contributed by atoms with E-state index in [1.54, 1.807) is 0 Å². The Morgan fingerprint density at radius 2 is 0.882 bits per heavy atom. The van der Waals surface area contributed by atoms with Gasteiger partial charge in [0.2, 0.25) is 0 Å². The summed E-state index contributed by atoms with van der Waals surface area (Å²) in [5.41, 5.74) is 0. The molecule has 2 unspecified atom stereocenters. The number of hydrogen-bond acceptors (Lipinski definition) is 0. The van der Waals surface area contributed by atoms with Crippen molar-refractivity contribution in [1.29, 1.82) is 0 Å². The minimum atomic E-state index is -10.7. The van der Waals surface area contributed by atoms with Gasteiger partial charge in [-0.15, -0.1) is 0 Å². The van der Waals surface area contributed by atoms with Crippen molar-refractivity contribution in [2.75, 3.05) is 0 Å². The van der Waals surface area contributed by atoms with Crippen LogP contribution < -0.4 is 0 Å². The number of fused-ring (bicyclic) bond motifs is 1. The molecule has 0 saturated heterocycles. The molecular formula is C20H24F6Fe2O5P-. The molecule has 14 heteroatoms. The third-order valence-corrected chi connectivity index (χ3v) is 4.01. The van der Waals surface area contributed by atoms with Crippen LogP contribution in [0.2, 0.25) is 0 Å². The van der Waals surface area contributed by atoms with Crippen molar-refractivity contribution in [2.45, 2.75) is 57.8 Å². The molecule has 0 N–H and O–H groups in total. The molecule has 0 aromatic rings. The zero-order valence-corrected chi connectivity index (χ0v) is 20.9. The smallest absolute Gasteiger partial charge is 0 e. The van der Waals surface area contributed by atoms with Crippen LogP contribution in [0.5, 0.6) is 0 Å². The maximum atomic E-state index is 9.87. The van der Waals surface area contributed by atoms with Crippen molar-refractivity contribution in [3.63, 3.8) is 0 Å². The molecule has 0 spiro atoms. The van der Waals surface area contributed by atoms with Crippen LogP contribution in [0.15, 0.2) is 24.3 Å². The van der Waals surface area contributed by atoms with Crippen molar-refractivity contribution in [2.24, 2.45) is 11.8 Å². The first-order chi connectivity index (χ1) is 14.9. The normalized spacial score (nSPS) is 19.6. The van der Waals surface area contributed by atoms with E-state index in [9.17, 15) is 25.2 Å². The van der Waals surface area contributed by atoms with E-state index >= 15 is 0 Å². The fourth-order valence-corrected chi connectivity index (χ4v) is 3.03. The van der Waals surface area contributed by atoms with Gasteiger partial charge in [-0.2, -0.15) is 0 Å². The molecule has 0 bridgehead atoms. The number of allylic oxidation sites excluding steroid dienone is 4. The maximum Gasteiger partial charge on any atom is 0 e. The second-order valence-electron chi connectivity index (χ2n) is 6.13. The summed E-state index contributed by atoms with van der Waals surface area (Å²) in [6.45, 7) is 22.5. The topological polar surface area (TPSA) is 99.5 Å². The molecule has 3 aliphatic rings. The van der Waals surface area contributed by atoms with Crippen molar-refractivity contribution in [3.8, 4) is 0 Å². The largest absolute Gasteiger partial charge is 0 e. The van der Waals surface area contributed by atoms with E-state index in [-0.39, 0.29) is 34.1 Å². The molecule has 3 aliphatic carbocycles. The van der Waals surface area contributed by atoms with Gasteiger partial charge in [0.25, 0.3) is 0 Å². The van der Waals surface area contributed by atoms with Crippen LogP contribution in [0.4, 0.5) is 25.2 Å². The second kappa shape index (κ2) is 28.5. The Kier molecular flexibility index (Phi) is 42.0. The molecule has 0 aromatic carbocycles. The fraction of sp³-hybridized carbons (Fsp3) is 0.550. The van der Waals surface area contributed by atoms with E-state index in [1.165, 1.54) is 57.8 Å². The Labute approximate surface area is 217 Å². The molecule has 0 aromatic heterocycles. The third kappa shape index (κ3) is 57.8. The maximum absolute atomic E-state index is 10.7. The molecule has 3 rings (SSSR count). The Bertz CT molecular complexity index is 557. The van der Waals surface area contributed by atoms with E-state index in [2.05, 4.69) is 57.6 Å². The summed E-state index contributed by atoms with van der Waals surface area (Å²) >= 11 is 0. The summed E-state index contributed by atoms with van der Waals surface area (Å²) in [5, 5.41) is 0. The monoisotopic (exact) mass is 601 g/mol. The van der Waals surface area contributed by atoms with E-state index < -0.39 is 7.81 Å². The fourth-order valence-electron chi connectivity index (χ4n) is 3.03. The minimum absolute atomic E-state index is 0. The van der Waals surface area contributed by atoms with Gasteiger partial charge in [-0.25, -0.2) is 0 Å². The minimum Gasteiger partial charge on any atom is 0 e. The SMILES string of the molecule is C1=CCC2CCCC2C=C1.C1CCCC1.F[P-](F)(F)(F)(F)F.[C-]#[O+].[C-]#[O+].[C-]#[O+].[C-]#[O+].[C-]#[O+].[Fe].[Fe]. The predicted octanol–water partition coefficient (Wildman–Crippen LogP) is 8.06. The molecule has 0 amide bonds. The predicted molar refractivity (Wildman–Crippen MR) is 100 cm³/mol. The summed E-state index contributed by atoms with van der Waals surface area (Å²) in [4.78, 5) is 0. The molecule has 0 heterocycles. The van der Waals surface area contributed by atoms with Gasteiger partial charge in [-0.3, -0.25) is 0 Å². The first-order valence-electron chi connectivity index (χ1n) is 8.83. The van der Waals surface area contributed by atoms with E-state index in [0.29, 0.717) is 0 Å². The van der Waals surface area contributed by atoms with Crippen molar-refractivity contribution >= 4 is 7.81 Å². The number of hydrogen-bond donors (Lipinski definition) is 0. The van der Waals surface area contributed by atoms with Gasteiger partial charge in [0.1, 0.15) is 0 Å². The van der Waals surface area contributed by atoms with Gasteiger partial charge in [0.05, 0.1) is 0 Å². The average molecular weight is 601 g/mol. The molecule has 0 radical (unpaired) electrons. The van der Waals surface area contributed by atoms with Crippen LogP contribution in [-0.4, -0.2) is 0 Å². The average Bonchev–Trinajstić information content (AvgIpc) is 3.46. The van der Waals surface area contributed by atoms with E-state index in [1.807, 2.05) is 0 Å². The summed E-state index contributed by atoms with van der Waals surface area (Å²) in [5.74, 6) is 1.89. The van der Waals surface area contributed by atoms with Crippen LogP contribution in [0.1, 0.15) is 57.8 Å². The Morgan fingerprint density at radius 1 is 0.559 bits per heavy atom. The summed E-state index contributed by atoms with van der Waals surface area (Å²) < 4.78 is 96.7. The van der Waals surface area contributed by atoms with Crippen LogP contribution in [0.3, 0.4) is 0 Å². The second-order valence-corrected chi connectivity index (χ2v) is 8.05. The van der Waals surface area contributed by atoms with Gasteiger partial charge < -0.3 is 0 Å². The van der Waals surface area contributed by atoms with Crippen molar-refractivity contribution < 1.29 is 82.6 Å². The molecular weight excluding hydrogens is 577 g/mol. The van der Waals surface area contributed by atoms with Crippen LogP contribution in [-0.2, 0) is 57.4 Å². The Hall–Kier alpha value is -0.771. The zero-order chi connectivity index (χ0) is 26.8. The van der Waals surface area contributed by atoms with E-state index in [4.69, 9.17) is 23.3 Å². The van der Waals surface area contributed by atoms with E-state index in [0.717, 1.165) is 11.8 Å². The molecule has 0 aliphatic heterocycles. The van der Waals surface area contributed by atoms with Gasteiger partial charge >= 0.3 is 89.5 Å². The summed E-state index contributed by atoms with van der Waals surface area (Å²) in [6.07, 6.45) is 22.3. The zero-order valence-electron chi connectivity index (χ0n) is 17.8. The summed E-state index contributed by atoms with van der Waals surface area (Å²) in [6, 6.07) is 0. The molecule has 34 heavy (non-hydrogen) atoms. The first-order valence-corrected chi connectivity index (χ1v) is 10.9.